The lowest BCUT2D eigenvalue weighted by Gasteiger charge is -2.37. The van der Waals surface area contributed by atoms with Crippen molar-refractivity contribution in [1.29, 1.82) is 0 Å². The molecule has 4 rings (SSSR count). The van der Waals surface area contributed by atoms with E-state index in [1.165, 1.54) is 0 Å². The molecule has 1 unspecified atom stereocenters. The highest BCUT2D eigenvalue weighted by Crippen LogP contribution is 2.36. The first kappa shape index (κ1) is 22.2. The van der Waals surface area contributed by atoms with Crippen LogP contribution in [-0.2, 0) is 6.54 Å². The maximum atomic E-state index is 15.1. The Morgan fingerprint density at radius 2 is 2.09 bits per heavy atom. The second kappa shape index (κ2) is 9.25. The summed E-state index contributed by atoms with van der Waals surface area (Å²) < 4.78 is 20.8. The van der Waals surface area contributed by atoms with Gasteiger partial charge in [-0.25, -0.2) is 14.4 Å². The number of hydrogen-bond acceptors (Lipinski definition) is 8. The molecule has 10 heteroatoms. The van der Waals surface area contributed by atoms with Crippen LogP contribution in [0.5, 0.6) is 5.75 Å². The van der Waals surface area contributed by atoms with Crippen LogP contribution in [0.25, 0.3) is 0 Å². The Labute approximate surface area is 186 Å². The number of aliphatic hydroxyl groups is 1. The van der Waals surface area contributed by atoms with Crippen molar-refractivity contribution in [2.75, 3.05) is 43.4 Å². The van der Waals surface area contributed by atoms with E-state index in [0.29, 0.717) is 24.3 Å². The van der Waals surface area contributed by atoms with E-state index in [1.807, 2.05) is 13.8 Å². The van der Waals surface area contributed by atoms with Gasteiger partial charge in [0.2, 0.25) is 5.82 Å². The zero-order valence-corrected chi connectivity index (χ0v) is 18.6. The Morgan fingerprint density at radius 3 is 2.75 bits per heavy atom. The van der Waals surface area contributed by atoms with E-state index in [0.717, 1.165) is 37.6 Å². The van der Waals surface area contributed by atoms with E-state index in [9.17, 15) is 9.90 Å². The van der Waals surface area contributed by atoms with Crippen molar-refractivity contribution < 1.29 is 19.0 Å². The molecule has 172 valence electrons. The molecule has 0 radical (unpaired) electrons. The molecule has 1 aromatic heterocycles. The molecular weight excluding hydrogens is 415 g/mol. The largest absolute Gasteiger partial charge is 0.483 e. The maximum absolute atomic E-state index is 15.1. The van der Waals surface area contributed by atoms with Crippen LogP contribution < -0.4 is 20.3 Å². The van der Waals surface area contributed by atoms with Gasteiger partial charge in [0.1, 0.15) is 17.5 Å². The Kier molecular flexibility index (Phi) is 6.43. The molecule has 2 aliphatic heterocycles. The third-order valence-electron chi connectivity index (χ3n) is 6.00. The van der Waals surface area contributed by atoms with E-state index in [4.69, 9.17) is 4.74 Å². The number of anilines is 2. The smallest absolute Gasteiger partial charge is 0.288 e. The molecule has 9 nitrogen and oxygen atoms in total. The average Bonchev–Trinajstić information content (AvgIpc) is 2.81. The quantitative estimate of drug-likeness (QED) is 0.638. The average molecular weight is 445 g/mol. The molecule has 2 aliphatic rings. The number of aromatic nitrogens is 2. The number of ether oxygens (including phenoxy) is 1. The minimum Gasteiger partial charge on any atom is -0.483 e. The number of carbonyl (C=O) groups excluding carboxylic acids is 1. The van der Waals surface area contributed by atoms with Crippen LogP contribution in [0.3, 0.4) is 0 Å². The summed E-state index contributed by atoms with van der Waals surface area (Å²) in [5.41, 5.74) is 2.44. The van der Waals surface area contributed by atoms with Gasteiger partial charge in [0.05, 0.1) is 17.6 Å². The monoisotopic (exact) mass is 444 g/mol. The van der Waals surface area contributed by atoms with Gasteiger partial charge < -0.3 is 25.4 Å². The number of aliphatic hydroxyl groups excluding tert-OH is 1. The van der Waals surface area contributed by atoms with Gasteiger partial charge in [-0.1, -0.05) is 13.0 Å². The lowest BCUT2D eigenvalue weighted by atomic mass is 10.1. The molecular formula is C22H29FN6O3. The lowest BCUT2D eigenvalue weighted by Crippen LogP contribution is -2.46. The van der Waals surface area contributed by atoms with E-state index in [1.54, 1.807) is 25.4 Å². The van der Waals surface area contributed by atoms with Crippen LogP contribution in [0.4, 0.5) is 15.8 Å². The predicted octanol–water partition coefficient (Wildman–Crippen LogP) is 1.51. The van der Waals surface area contributed by atoms with Crippen molar-refractivity contribution >= 4 is 17.3 Å². The summed E-state index contributed by atoms with van der Waals surface area (Å²) in [6.45, 7) is 7.23. The molecule has 1 saturated heterocycles. The number of benzene rings is 1. The van der Waals surface area contributed by atoms with Crippen molar-refractivity contribution in [3.8, 4) is 5.75 Å². The summed E-state index contributed by atoms with van der Waals surface area (Å²) in [4.78, 5) is 24.6. The van der Waals surface area contributed by atoms with Crippen molar-refractivity contribution in [2.45, 2.75) is 39.1 Å². The van der Waals surface area contributed by atoms with Crippen LogP contribution in [0.1, 0.15) is 35.2 Å². The number of fused-ring (bicyclic) bond motifs is 1. The van der Waals surface area contributed by atoms with Crippen molar-refractivity contribution in [2.24, 2.45) is 0 Å². The van der Waals surface area contributed by atoms with Gasteiger partial charge in [0.15, 0.2) is 12.0 Å². The normalized spacial score (nSPS) is 20.8. The number of nitrogens with zero attached hydrogens (tertiary/aromatic N) is 4. The third-order valence-corrected chi connectivity index (χ3v) is 6.00. The zero-order valence-electron chi connectivity index (χ0n) is 18.6. The topological polar surface area (TPSA) is 103 Å². The second-order valence-corrected chi connectivity index (χ2v) is 8.07. The van der Waals surface area contributed by atoms with Crippen LogP contribution in [0.2, 0.25) is 0 Å². The summed E-state index contributed by atoms with van der Waals surface area (Å²) in [5, 5.41) is 15.5. The van der Waals surface area contributed by atoms with Crippen molar-refractivity contribution in [1.82, 2.24) is 20.2 Å². The van der Waals surface area contributed by atoms with E-state index in [-0.39, 0.29) is 23.2 Å². The number of aryl methyl sites for hydroxylation is 1. The van der Waals surface area contributed by atoms with E-state index < -0.39 is 12.3 Å². The summed E-state index contributed by atoms with van der Waals surface area (Å²) in [7, 11) is 1.55. The number of amides is 1. The first-order valence-electron chi connectivity index (χ1n) is 10.9. The molecule has 3 heterocycles. The second-order valence-electron chi connectivity index (χ2n) is 8.07. The Hall–Kier alpha value is -2.98. The fourth-order valence-electron chi connectivity index (χ4n) is 4.11. The minimum atomic E-state index is -0.930. The van der Waals surface area contributed by atoms with Crippen LogP contribution in [0, 0.1) is 12.7 Å². The van der Waals surface area contributed by atoms with Gasteiger partial charge in [-0.3, -0.25) is 9.69 Å². The van der Waals surface area contributed by atoms with Gasteiger partial charge in [-0.05, 0) is 19.4 Å². The molecule has 2 aromatic rings. The number of piperazine rings is 1. The van der Waals surface area contributed by atoms with Crippen LogP contribution in [0.15, 0.2) is 18.3 Å². The van der Waals surface area contributed by atoms with Gasteiger partial charge in [0, 0.05) is 45.3 Å². The summed E-state index contributed by atoms with van der Waals surface area (Å²) in [6.07, 6.45) is 0.992. The number of rotatable bonds is 5. The zero-order chi connectivity index (χ0) is 22.8. The predicted molar refractivity (Wildman–Crippen MR) is 118 cm³/mol. The number of hydrogen-bond donors (Lipinski definition) is 3. The number of nitrogens with one attached hydrogen (secondary N) is 2. The van der Waals surface area contributed by atoms with Crippen LogP contribution in [-0.4, -0.2) is 71.4 Å². The van der Waals surface area contributed by atoms with Crippen molar-refractivity contribution in [3.63, 3.8) is 0 Å². The van der Waals surface area contributed by atoms with Gasteiger partial charge >= 0.3 is 0 Å². The van der Waals surface area contributed by atoms with Gasteiger partial charge in [0.25, 0.3) is 5.91 Å². The molecule has 1 aromatic carbocycles. The third kappa shape index (κ3) is 4.33. The van der Waals surface area contributed by atoms with E-state index >= 15 is 4.39 Å². The molecule has 0 aliphatic carbocycles. The number of carbonyl (C=O) groups is 1. The highest BCUT2D eigenvalue weighted by Gasteiger charge is 2.30. The highest BCUT2D eigenvalue weighted by molar-refractivity contribution is 5.90. The first-order chi connectivity index (χ1) is 15.4. The minimum absolute atomic E-state index is 0.156. The number of halogens is 1. The Balaban J connectivity index is 1.40. The fraction of sp³-hybridized carbons (Fsp3) is 0.500. The van der Waals surface area contributed by atoms with Gasteiger partial charge in [-0.2, -0.15) is 0 Å². The van der Waals surface area contributed by atoms with Crippen molar-refractivity contribution in [3.05, 3.63) is 41.2 Å². The Morgan fingerprint density at radius 1 is 1.34 bits per heavy atom. The molecule has 1 fully saturated rings. The van der Waals surface area contributed by atoms with Gasteiger partial charge in [-0.15, -0.1) is 0 Å². The molecule has 0 bridgehead atoms. The molecule has 1 amide bonds. The summed E-state index contributed by atoms with van der Waals surface area (Å²) >= 11 is 0. The molecule has 32 heavy (non-hydrogen) atoms. The Bertz CT molecular complexity index is 996. The first-order valence-corrected chi connectivity index (χ1v) is 10.9. The SMILES string of the molecule is CC[C@@H]1Oc2ccc(CN3CCN(c4cnc(C(=O)NC)nc4C)CC3)c(F)c2NC1O. The standard InChI is InChI=1S/C22H29FN6O3/c1-4-16-21(30)27-19-17(32-16)6-5-14(18(19)23)12-28-7-9-29(10-8-28)15-11-25-20(22(31)24-3)26-13(15)2/h5-6,11,16,21,27,30H,4,7-10,12H2,1-3H3,(H,24,31)/t16-,21?/m0/s1. The van der Waals surface area contributed by atoms with Crippen LogP contribution >= 0.6 is 0 Å². The summed E-state index contributed by atoms with van der Waals surface area (Å²) in [5.74, 6) is -0.103. The summed E-state index contributed by atoms with van der Waals surface area (Å²) in [6, 6.07) is 3.52. The lowest BCUT2D eigenvalue weighted by molar-refractivity contribution is 0.0422. The fourth-order valence-corrected chi connectivity index (χ4v) is 4.11. The molecule has 2 atom stereocenters. The highest BCUT2D eigenvalue weighted by atomic mass is 19.1. The maximum Gasteiger partial charge on any atom is 0.288 e. The molecule has 0 spiro atoms. The molecule has 0 saturated carbocycles. The van der Waals surface area contributed by atoms with E-state index in [2.05, 4.69) is 30.4 Å². The molecule has 3 N–H and O–H groups in total.